The molecule has 0 bridgehead atoms. The SMILES string of the molecule is CC1=C[C@@]2(C)C(=CC1=O)CC[C@@H]1[C@@H]2[C@H]([16OH])C[C@]2(C)[C@@H](C(=O)CN3CCN(c4cc(N5CCOCC5)nc(N5CCOCC5)n4)CC3)CC[C@@H]12. The zero-order valence-electron chi connectivity index (χ0n) is 29.6. The number of nitrogens with zero attached hydrogens (tertiary/aromatic N) is 6. The minimum atomic E-state index is -0.480. The van der Waals surface area contributed by atoms with E-state index < -0.39 is 6.10 Å². The Bertz CT molecular complexity index is 1480. The van der Waals surface area contributed by atoms with Crippen LogP contribution in [0.3, 0.4) is 0 Å². The number of morpholine rings is 2. The van der Waals surface area contributed by atoms with E-state index >= 15 is 0 Å². The lowest BCUT2D eigenvalue weighted by molar-refractivity contribution is -0.140. The van der Waals surface area contributed by atoms with E-state index in [0.717, 1.165) is 101 Å². The Morgan fingerprint density at radius 3 is 2.20 bits per heavy atom. The Morgan fingerprint density at radius 2 is 1.53 bits per heavy atom. The van der Waals surface area contributed by atoms with E-state index in [1.807, 2.05) is 13.0 Å². The van der Waals surface area contributed by atoms with Gasteiger partial charge in [0.15, 0.2) is 5.78 Å². The van der Waals surface area contributed by atoms with Crippen LogP contribution >= 0.6 is 0 Å². The van der Waals surface area contributed by atoms with Gasteiger partial charge in [-0.05, 0) is 67.9 Å². The molecule has 6 fully saturated rings. The number of carbonyl (C=O) groups is 2. The van der Waals surface area contributed by atoms with Gasteiger partial charge < -0.3 is 29.3 Å². The van der Waals surface area contributed by atoms with Gasteiger partial charge in [-0.2, -0.15) is 9.97 Å². The first-order chi connectivity index (χ1) is 23.6. The highest BCUT2D eigenvalue weighted by Crippen LogP contribution is 2.66. The number of hydrogen-bond donors (Lipinski definition) is 1. The van der Waals surface area contributed by atoms with Crippen LogP contribution in [0.5, 0.6) is 0 Å². The van der Waals surface area contributed by atoms with Crippen LogP contribution in [0.4, 0.5) is 17.6 Å². The number of allylic oxidation sites excluding steroid dienone is 4. The van der Waals surface area contributed by atoms with Gasteiger partial charge in [0.2, 0.25) is 5.95 Å². The molecule has 1 aromatic rings. The minimum absolute atomic E-state index is 0.0184. The second-order valence-corrected chi connectivity index (χ2v) is 16.2. The third-order valence-corrected chi connectivity index (χ3v) is 13.6. The molecule has 3 saturated heterocycles. The number of fused-ring (bicyclic) bond motifs is 5. The maximum absolute atomic E-state index is 14.2. The first-order valence-corrected chi connectivity index (χ1v) is 18.8. The fourth-order valence-corrected chi connectivity index (χ4v) is 11.0. The minimum Gasteiger partial charge on any atom is -0.393 e. The molecule has 1 aromatic heterocycles. The topological polar surface area (TPSA) is 112 Å². The molecule has 3 aliphatic heterocycles. The molecule has 0 amide bonds. The van der Waals surface area contributed by atoms with Crippen molar-refractivity contribution in [2.75, 3.05) is 100 Å². The number of rotatable bonds is 6. The molecule has 4 aliphatic carbocycles. The van der Waals surface area contributed by atoms with E-state index in [-0.39, 0.29) is 28.4 Å². The monoisotopic (exact) mass is 674 g/mol. The summed E-state index contributed by atoms with van der Waals surface area (Å²) in [5.41, 5.74) is 1.52. The molecule has 8 rings (SSSR count). The van der Waals surface area contributed by atoms with Gasteiger partial charge in [-0.15, -0.1) is 0 Å². The number of Topliss-reactive ketones (excluding diaryl/α,β-unsaturated/α-hetero) is 1. The largest absolute Gasteiger partial charge is 0.393 e. The van der Waals surface area contributed by atoms with Gasteiger partial charge in [0, 0.05) is 75.7 Å². The van der Waals surface area contributed by atoms with Crippen molar-refractivity contribution in [2.24, 2.45) is 34.5 Å². The van der Waals surface area contributed by atoms with Crippen molar-refractivity contribution >= 4 is 29.2 Å². The first-order valence-electron chi connectivity index (χ1n) is 18.8. The second-order valence-electron chi connectivity index (χ2n) is 16.2. The summed E-state index contributed by atoms with van der Waals surface area (Å²) in [7, 11) is 0. The van der Waals surface area contributed by atoms with Gasteiger partial charge >= 0.3 is 0 Å². The highest BCUT2D eigenvalue weighted by atomic mass is 16.5. The highest BCUT2D eigenvalue weighted by Gasteiger charge is 2.62. The molecule has 0 radical (unpaired) electrons. The summed E-state index contributed by atoms with van der Waals surface area (Å²) in [6.45, 7) is 16.2. The molecule has 11 heteroatoms. The Hall–Kier alpha value is -2.86. The van der Waals surface area contributed by atoms with E-state index in [1.54, 1.807) is 0 Å². The maximum Gasteiger partial charge on any atom is 0.229 e. The summed E-state index contributed by atoms with van der Waals surface area (Å²) in [5.74, 6) is 4.01. The average molecular weight is 675 g/mol. The lowest BCUT2D eigenvalue weighted by atomic mass is 9.46. The van der Waals surface area contributed by atoms with Crippen molar-refractivity contribution in [2.45, 2.75) is 59.0 Å². The second kappa shape index (κ2) is 13.0. The molecule has 7 aliphatic rings. The molecule has 4 heterocycles. The standard InChI is InChI=1S/C38H54N6O5/c1-25-22-37(2)26(20-30(25)45)4-5-27-28-6-7-29(38(28,3)23-31(46)35(27)37)32(47)24-41-8-10-42(11-9-41)33-21-34(43-12-16-48-17-13-43)40-36(39-33)44-14-18-49-19-15-44/h20-22,27-29,31,35,46H,4-19,23-24H2,1-3H3/t27-,28-,29+,31+,35+,37-,38-/m0/s1/i46+0. The Morgan fingerprint density at radius 1 is 0.898 bits per heavy atom. The quantitative estimate of drug-likeness (QED) is 0.481. The summed E-state index contributed by atoms with van der Waals surface area (Å²) in [4.78, 5) is 45.9. The van der Waals surface area contributed by atoms with Gasteiger partial charge in [0.25, 0.3) is 0 Å². The number of anilines is 3. The van der Waals surface area contributed by atoms with Crippen LogP contribution in [0.1, 0.15) is 52.9 Å². The number of hydrogen-bond acceptors (Lipinski definition) is 11. The van der Waals surface area contributed by atoms with Crippen LogP contribution in [-0.4, -0.2) is 123 Å². The Balaban J connectivity index is 0.931. The number of aliphatic hydroxyl groups excluding tert-OH is 1. The van der Waals surface area contributed by atoms with Crippen LogP contribution in [0.2, 0.25) is 0 Å². The number of ether oxygens (including phenoxy) is 2. The van der Waals surface area contributed by atoms with E-state index in [0.29, 0.717) is 57.0 Å². The lowest BCUT2D eigenvalue weighted by Gasteiger charge is -2.59. The lowest BCUT2D eigenvalue weighted by Crippen LogP contribution is -2.57. The van der Waals surface area contributed by atoms with Gasteiger partial charge in [-0.3, -0.25) is 14.5 Å². The average Bonchev–Trinajstić information content (AvgIpc) is 3.46. The van der Waals surface area contributed by atoms with E-state index in [4.69, 9.17) is 19.4 Å². The smallest absolute Gasteiger partial charge is 0.229 e. The fourth-order valence-electron chi connectivity index (χ4n) is 11.0. The molecule has 266 valence electrons. The summed E-state index contributed by atoms with van der Waals surface area (Å²) in [6, 6.07) is 2.13. The molecule has 0 aromatic carbocycles. The van der Waals surface area contributed by atoms with Crippen LogP contribution in [0.25, 0.3) is 0 Å². The van der Waals surface area contributed by atoms with Crippen molar-refractivity contribution < 1.29 is 24.2 Å². The zero-order valence-corrected chi connectivity index (χ0v) is 29.6. The number of carbonyl (C=O) groups excluding carboxylic acids is 2. The number of aromatic nitrogens is 2. The number of aliphatic hydroxyl groups is 1. The number of piperazine rings is 1. The van der Waals surface area contributed by atoms with Gasteiger partial charge in [-0.25, -0.2) is 0 Å². The third-order valence-electron chi connectivity index (χ3n) is 13.6. The van der Waals surface area contributed by atoms with Crippen LogP contribution in [0, 0.1) is 34.5 Å². The summed E-state index contributed by atoms with van der Waals surface area (Å²) in [5, 5.41) is 11.8. The molecular weight excluding hydrogens is 620 g/mol. The van der Waals surface area contributed by atoms with Crippen molar-refractivity contribution in [3.05, 3.63) is 29.4 Å². The summed E-state index contributed by atoms with van der Waals surface area (Å²) >= 11 is 0. The van der Waals surface area contributed by atoms with E-state index in [9.17, 15) is 14.7 Å². The van der Waals surface area contributed by atoms with Gasteiger partial charge in [0.05, 0.1) is 39.1 Å². The predicted molar refractivity (Wildman–Crippen MR) is 188 cm³/mol. The summed E-state index contributed by atoms with van der Waals surface area (Å²) < 4.78 is 11.2. The third kappa shape index (κ3) is 5.92. The van der Waals surface area contributed by atoms with Crippen molar-refractivity contribution in [1.82, 2.24) is 14.9 Å². The van der Waals surface area contributed by atoms with Crippen molar-refractivity contribution in [3.63, 3.8) is 0 Å². The molecule has 49 heavy (non-hydrogen) atoms. The van der Waals surface area contributed by atoms with Gasteiger partial charge in [0.1, 0.15) is 17.4 Å². The Kier molecular flexibility index (Phi) is 8.86. The predicted octanol–water partition coefficient (Wildman–Crippen LogP) is 3.13. The first kappa shape index (κ1) is 33.3. The number of ketones is 2. The molecule has 3 saturated carbocycles. The normalized spacial score (nSPS) is 36.9. The summed E-state index contributed by atoms with van der Waals surface area (Å²) in [6.07, 6.45) is 8.06. The molecule has 0 unspecified atom stereocenters. The molecule has 1 N–H and O–H groups in total. The molecule has 7 atom stereocenters. The zero-order chi connectivity index (χ0) is 33.9. The van der Waals surface area contributed by atoms with Crippen molar-refractivity contribution in [3.8, 4) is 0 Å². The highest BCUT2D eigenvalue weighted by molar-refractivity contribution is 6.05. The van der Waals surface area contributed by atoms with Crippen LogP contribution in [0.15, 0.2) is 29.4 Å². The van der Waals surface area contributed by atoms with Crippen molar-refractivity contribution in [1.29, 1.82) is 0 Å². The maximum atomic E-state index is 14.2. The van der Waals surface area contributed by atoms with Gasteiger partial charge in [-0.1, -0.05) is 25.5 Å². The molecule has 11 nitrogen and oxygen atoms in total. The van der Waals surface area contributed by atoms with E-state index in [1.165, 1.54) is 5.57 Å². The Labute approximate surface area is 290 Å². The van der Waals surface area contributed by atoms with Crippen LogP contribution in [-0.2, 0) is 19.1 Å². The van der Waals surface area contributed by atoms with Crippen LogP contribution < -0.4 is 14.7 Å². The molecular formula is C38H54N6O5. The fraction of sp³-hybridized carbons (Fsp3) is 0.737. The van der Waals surface area contributed by atoms with E-state index in [2.05, 4.69) is 45.6 Å². The molecule has 0 spiro atoms.